The van der Waals surface area contributed by atoms with Crippen LogP contribution >= 0.6 is 0 Å². The minimum Gasteiger partial charge on any atom is -0.356 e. The first-order valence-electron chi connectivity index (χ1n) is 7.16. The van der Waals surface area contributed by atoms with E-state index in [1.54, 1.807) is 7.05 Å². The van der Waals surface area contributed by atoms with Crippen molar-refractivity contribution < 1.29 is 4.21 Å². The first-order valence-corrected chi connectivity index (χ1v) is 8.47. The molecule has 0 radical (unpaired) electrons. The molecule has 0 aromatic heterocycles. The van der Waals surface area contributed by atoms with Gasteiger partial charge in [0.15, 0.2) is 5.96 Å². The van der Waals surface area contributed by atoms with Crippen molar-refractivity contribution in [2.45, 2.75) is 31.1 Å². The van der Waals surface area contributed by atoms with Crippen molar-refractivity contribution in [1.29, 1.82) is 0 Å². The molecule has 1 aromatic rings. The fraction of sp³-hybridized carbons (Fsp3) is 0.533. The predicted molar refractivity (Wildman–Crippen MR) is 86.6 cm³/mol. The number of nitrogens with one attached hydrogen (secondary N) is 2. The van der Waals surface area contributed by atoms with Gasteiger partial charge < -0.3 is 10.6 Å². The van der Waals surface area contributed by atoms with Crippen LogP contribution in [-0.4, -0.2) is 36.1 Å². The molecule has 0 amide bonds. The third-order valence-electron chi connectivity index (χ3n) is 2.88. The third kappa shape index (κ3) is 6.70. The Hall–Kier alpha value is -1.36. The summed E-state index contributed by atoms with van der Waals surface area (Å²) < 4.78 is 12.0. The molecule has 1 rings (SSSR count). The van der Waals surface area contributed by atoms with Crippen molar-refractivity contribution in [3.63, 3.8) is 0 Å². The Morgan fingerprint density at radius 1 is 1.15 bits per heavy atom. The van der Waals surface area contributed by atoms with E-state index in [1.807, 2.05) is 30.3 Å². The molecule has 5 heteroatoms. The molecule has 1 aromatic carbocycles. The van der Waals surface area contributed by atoms with E-state index >= 15 is 0 Å². The maximum atomic E-state index is 12.0. The van der Waals surface area contributed by atoms with E-state index in [9.17, 15) is 4.21 Å². The minimum absolute atomic E-state index is 0.583. The standard InChI is InChI=1S/C15H25N3OS/c1-3-4-8-11-17-15(16-2)18-12-13-20(19)14-9-6-5-7-10-14/h5-7,9-10H,3-4,8,11-13H2,1-2H3,(H2,16,17,18). The molecule has 1 atom stereocenters. The van der Waals surface area contributed by atoms with Gasteiger partial charge in [-0.2, -0.15) is 0 Å². The van der Waals surface area contributed by atoms with Crippen LogP contribution in [0.25, 0.3) is 0 Å². The highest BCUT2D eigenvalue weighted by Crippen LogP contribution is 2.04. The molecule has 0 spiro atoms. The van der Waals surface area contributed by atoms with Gasteiger partial charge in [0.05, 0.1) is 10.8 Å². The molecule has 2 N–H and O–H groups in total. The van der Waals surface area contributed by atoms with E-state index in [0.717, 1.165) is 23.8 Å². The zero-order valence-corrected chi connectivity index (χ0v) is 13.2. The summed E-state index contributed by atoms with van der Waals surface area (Å²) in [5, 5.41) is 6.45. The van der Waals surface area contributed by atoms with E-state index < -0.39 is 10.8 Å². The lowest BCUT2D eigenvalue weighted by molar-refractivity contribution is 0.677. The van der Waals surface area contributed by atoms with E-state index in [4.69, 9.17) is 0 Å². The Bertz CT molecular complexity index is 420. The lowest BCUT2D eigenvalue weighted by Gasteiger charge is -2.11. The van der Waals surface area contributed by atoms with Crippen LogP contribution in [0.15, 0.2) is 40.2 Å². The van der Waals surface area contributed by atoms with Crippen LogP contribution < -0.4 is 10.6 Å². The second kappa shape index (κ2) is 10.4. The van der Waals surface area contributed by atoms with Gasteiger partial charge in [0.25, 0.3) is 0 Å². The molecule has 0 aliphatic carbocycles. The summed E-state index contributed by atoms with van der Waals surface area (Å²) >= 11 is 0. The van der Waals surface area contributed by atoms with Crippen molar-refractivity contribution >= 4 is 16.8 Å². The summed E-state index contributed by atoms with van der Waals surface area (Å²) in [4.78, 5) is 5.03. The molecule has 4 nitrogen and oxygen atoms in total. The summed E-state index contributed by atoms with van der Waals surface area (Å²) in [7, 11) is 0.797. The summed E-state index contributed by atoms with van der Waals surface area (Å²) in [6, 6.07) is 9.55. The largest absolute Gasteiger partial charge is 0.356 e. The van der Waals surface area contributed by atoms with Gasteiger partial charge in [-0.3, -0.25) is 9.20 Å². The zero-order valence-electron chi connectivity index (χ0n) is 12.4. The SMILES string of the molecule is CCCCCNC(=NC)NCCS(=O)c1ccccc1. The topological polar surface area (TPSA) is 53.5 Å². The average Bonchev–Trinajstić information content (AvgIpc) is 2.50. The predicted octanol–water partition coefficient (Wildman–Crippen LogP) is 2.15. The van der Waals surface area contributed by atoms with Crippen LogP contribution in [0, 0.1) is 0 Å². The van der Waals surface area contributed by atoms with Gasteiger partial charge in [0.2, 0.25) is 0 Å². The molecule has 0 heterocycles. The number of guanidine groups is 1. The van der Waals surface area contributed by atoms with Crippen molar-refractivity contribution in [3.05, 3.63) is 30.3 Å². The number of benzene rings is 1. The number of unbranched alkanes of at least 4 members (excludes halogenated alkanes) is 2. The first-order chi connectivity index (χ1) is 9.77. The third-order valence-corrected chi connectivity index (χ3v) is 4.26. The smallest absolute Gasteiger partial charge is 0.191 e. The maximum absolute atomic E-state index is 12.0. The summed E-state index contributed by atoms with van der Waals surface area (Å²) in [6.45, 7) is 3.76. The van der Waals surface area contributed by atoms with E-state index in [-0.39, 0.29) is 0 Å². The highest BCUT2D eigenvalue weighted by Gasteiger charge is 2.03. The number of rotatable bonds is 8. The van der Waals surface area contributed by atoms with Crippen LogP contribution in [0.3, 0.4) is 0 Å². The van der Waals surface area contributed by atoms with Gasteiger partial charge in [0.1, 0.15) is 0 Å². The fourth-order valence-corrected chi connectivity index (χ4v) is 2.74. The first kappa shape index (κ1) is 16.7. The van der Waals surface area contributed by atoms with Gasteiger partial charge in [-0.25, -0.2) is 0 Å². The lowest BCUT2D eigenvalue weighted by atomic mass is 10.2. The molecule has 0 aliphatic rings. The number of hydrogen-bond acceptors (Lipinski definition) is 2. The second-order valence-electron chi connectivity index (χ2n) is 4.50. The van der Waals surface area contributed by atoms with Crippen LogP contribution in [-0.2, 0) is 10.8 Å². The van der Waals surface area contributed by atoms with Gasteiger partial charge in [0, 0.05) is 30.8 Å². The molecule has 0 saturated heterocycles. The molecule has 20 heavy (non-hydrogen) atoms. The van der Waals surface area contributed by atoms with Crippen LogP contribution in [0.4, 0.5) is 0 Å². The quantitative estimate of drug-likeness (QED) is 0.439. The van der Waals surface area contributed by atoms with E-state index in [2.05, 4.69) is 22.5 Å². The minimum atomic E-state index is -0.956. The second-order valence-corrected chi connectivity index (χ2v) is 6.07. The molecule has 0 aliphatic heterocycles. The van der Waals surface area contributed by atoms with E-state index in [1.165, 1.54) is 12.8 Å². The monoisotopic (exact) mass is 295 g/mol. The van der Waals surface area contributed by atoms with Crippen molar-refractivity contribution in [2.75, 3.05) is 25.9 Å². The Morgan fingerprint density at radius 3 is 2.50 bits per heavy atom. The molecular formula is C15H25N3OS. The van der Waals surface area contributed by atoms with Gasteiger partial charge in [-0.15, -0.1) is 0 Å². The van der Waals surface area contributed by atoms with Gasteiger partial charge in [-0.05, 0) is 18.6 Å². The average molecular weight is 295 g/mol. The number of aliphatic imine (C=N–C) groups is 1. The van der Waals surface area contributed by atoms with Crippen LogP contribution in [0.5, 0.6) is 0 Å². The molecule has 1 unspecified atom stereocenters. The molecule has 112 valence electrons. The van der Waals surface area contributed by atoms with Crippen molar-refractivity contribution in [2.24, 2.45) is 4.99 Å². The number of hydrogen-bond donors (Lipinski definition) is 2. The number of nitrogens with zero attached hydrogens (tertiary/aromatic N) is 1. The Labute approximate surface area is 124 Å². The normalized spacial score (nSPS) is 13.0. The lowest BCUT2D eigenvalue weighted by Crippen LogP contribution is -2.39. The van der Waals surface area contributed by atoms with Crippen molar-refractivity contribution in [1.82, 2.24) is 10.6 Å². The summed E-state index contributed by atoms with van der Waals surface area (Å²) in [5.41, 5.74) is 0. The molecular weight excluding hydrogens is 270 g/mol. The highest BCUT2D eigenvalue weighted by molar-refractivity contribution is 7.85. The zero-order chi connectivity index (χ0) is 14.6. The Kier molecular flexibility index (Phi) is 8.71. The van der Waals surface area contributed by atoms with Gasteiger partial charge >= 0.3 is 0 Å². The molecule has 0 saturated carbocycles. The Balaban J connectivity index is 2.23. The fourth-order valence-electron chi connectivity index (χ4n) is 1.75. The Morgan fingerprint density at radius 2 is 1.85 bits per heavy atom. The summed E-state index contributed by atoms with van der Waals surface area (Å²) in [5.74, 6) is 1.37. The van der Waals surface area contributed by atoms with Crippen LogP contribution in [0.1, 0.15) is 26.2 Å². The van der Waals surface area contributed by atoms with Gasteiger partial charge in [-0.1, -0.05) is 38.0 Å². The highest BCUT2D eigenvalue weighted by atomic mass is 32.2. The van der Waals surface area contributed by atoms with Crippen molar-refractivity contribution in [3.8, 4) is 0 Å². The maximum Gasteiger partial charge on any atom is 0.191 e. The van der Waals surface area contributed by atoms with Crippen LogP contribution in [0.2, 0.25) is 0 Å². The van der Waals surface area contributed by atoms with E-state index in [0.29, 0.717) is 12.3 Å². The molecule has 0 bridgehead atoms. The summed E-state index contributed by atoms with van der Waals surface area (Å²) in [6.07, 6.45) is 3.58. The molecule has 0 fully saturated rings.